The Morgan fingerprint density at radius 1 is 1.19 bits per heavy atom. The lowest BCUT2D eigenvalue weighted by molar-refractivity contribution is -0.148. The van der Waals surface area contributed by atoms with Crippen molar-refractivity contribution in [1.29, 1.82) is 0 Å². The molecule has 0 saturated carbocycles. The van der Waals surface area contributed by atoms with Gasteiger partial charge in [-0.25, -0.2) is 4.79 Å². The third-order valence-corrected chi connectivity index (χ3v) is 4.74. The summed E-state index contributed by atoms with van der Waals surface area (Å²) < 4.78 is 5.18. The van der Waals surface area contributed by atoms with E-state index in [1.807, 2.05) is 32.0 Å². The summed E-state index contributed by atoms with van der Waals surface area (Å²) in [6, 6.07) is 10.8. The zero-order valence-electron chi connectivity index (χ0n) is 15.4. The zero-order chi connectivity index (χ0) is 20.0. The van der Waals surface area contributed by atoms with Crippen LogP contribution in [-0.2, 0) is 20.7 Å². The van der Waals surface area contributed by atoms with E-state index in [2.05, 4.69) is 5.32 Å². The van der Waals surface area contributed by atoms with Crippen molar-refractivity contribution in [2.75, 3.05) is 5.32 Å². The highest BCUT2D eigenvalue weighted by Gasteiger charge is 2.18. The summed E-state index contributed by atoms with van der Waals surface area (Å²) >= 11 is 11.8. The van der Waals surface area contributed by atoms with Gasteiger partial charge in [-0.1, -0.05) is 54.4 Å². The number of para-hydroxylation sites is 1. The monoisotopic (exact) mass is 405 g/mol. The molecule has 0 heterocycles. The molecule has 2 aromatic carbocycles. The molecule has 1 amide bonds. The van der Waals surface area contributed by atoms with Gasteiger partial charge in [0.05, 0.1) is 10.0 Å². The molecule has 0 aromatic heterocycles. The van der Waals surface area contributed by atoms with Crippen molar-refractivity contribution in [3.63, 3.8) is 0 Å². The molecule has 0 aliphatic heterocycles. The van der Waals surface area contributed by atoms with Crippen molar-refractivity contribution in [3.05, 3.63) is 69.2 Å². The predicted molar refractivity (Wildman–Crippen MR) is 110 cm³/mol. The Morgan fingerprint density at radius 3 is 2.59 bits per heavy atom. The molecule has 2 rings (SSSR count). The van der Waals surface area contributed by atoms with Crippen LogP contribution < -0.4 is 5.32 Å². The molecule has 0 spiro atoms. The Bertz CT molecular complexity index is 878. The van der Waals surface area contributed by atoms with Crippen LogP contribution in [0.4, 0.5) is 5.69 Å². The SMILES string of the molecule is CCc1cccc(C)c1NC(=O)[C@@H](C)OC(=O)/C=C/c1ccc(Cl)c(Cl)c1. The molecule has 0 radical (unpaired) electrons. The summed E-state index contributed by atoms with van der Waals surface area (Å²) in [5, 5.41) is 3.68. The molecule has 0 aliphatic carbocycles. The van der Waals surface area contributed by atoms with Gasteiger partial charge in [0, 0.05) is 11.8 Å². The maximum Gasteiger partial charge on any atom is 0.331 e. The average Bonchev–Trinajstić information content (AvgIpc) is 2.64. The molecule has 0 saturated heterocycles. The number of esters is 1. The van der Waals surface area contributed by atoms with Crippen molar-refractivity contribution in [2.24, 2.45) is 0 Å². The van der Waals surface area contributed by atoms with E-state index in [0.29, 0.717) is 15.6 Å². The maximum atomic E-state index is 12.4. The van der Waals surface area contributed by atoms with E-state index in [0.717, 1.165) is 23.2 Å². The Morgan fingerprint density at radius 2 is 1.93 bits per heavy atom. The molecule has 27 heavy (non-hydrogen) atoms. The van der Waals surface area contributed by atoms with Crippen LogP contribution in [0.5, 0.6) is 0 Å². The quantitative estimate of drug-likeness (QED) is 0.513. The Balaban J connectivity index is 1.98. The second-order valence-electron chi connectivity index (χ2n) is 6.04. The van der Waals surface area contributed by atoms with Crippen molar-refractivity contribution in [2.45, 2.75) is 33.3 Å². The highest BCUT2D eigenvalue weighted by atomic mass is 35.5. The highest BCUT2D eigenvalue weighted by molar-refractivity contribution is 6.42. The molecule has 4 nitrogen and oxygen atoms in total. The van der Waals surface area contributed by atoms with Gasteiger partial charge in [0.25, 0.3) is 5.91 Å². The summed E-state index contributed by atoms with van der Waals surface area (Å²) in [4.78, 5) is 24.4. The standard InChI is InChI=1S/C21H21Cl2NO3/c1-4-16-7-5-6-13(2)20(16)24-21(26)14(3)27-19(25)11-9-15-8-10-17(22)18(23)12-15/h5-12,14H,4H2,1-3H3,(H,24,26)/b11-9+/t14-/m1/s1. The number of carbonyl (C=O) groups excluding carboxylic acids is 2. The van der Waals surface area contributed by atoms with Crippen LogP contribution in [0.15, 0.2) is 42.5 Å². The molecule has 0 aliphatic rings. The van der Waals surface area contributed by atoms with Crippen LogP contribution in [0.1, 0.15) is 30.5 Å². The van der Waals surface area contributed by atoms with Crippen molar-refractivity contribution in [3.8, 4) is 0 Å². The summed E-state index contributed by atoms with van der Waals surface area (Å²) in [6.45, 7) is 5.47. The van der Waals surface area contributed by atoms with Gasteiger partial charge in [-0.2, -0.15) is 0 Å². The molecular weight excluding hydrogens is 385 g/mol. The molecule has 0 fully saturated rings. The average molecular weight is 406 g/mol. The maximum absolute atomic E-state index is 12.4. The summed E-state index contributed by atoms with van der Waals surface area (Å²) in [5.41, 5.74) is 3.45. The lowest BCUT2D eigenvalue weighted by atomic mass is 10.1. The minimum atomic E-state index is -0.930. The van der Waals surface area contributed by atoms with Gasteiger partial charge >= 0.3 is 5.97 Å². The fraction of sp³-hybridized carbons (Fsp3) is 0.238. The van der Waals surface area contributed by atoms with Gasteiger partial charge in [0.2, 0.25) is 0 Å². The van der Waals surface area contributed by atoms with E-state index < -0.39 is 12.1 Å². The molecule has 6 heteroatoms. The van der Waals surface area contributed by atoms with Crippen molar-refractivity contribution in [1.82, 2.24) is 0 Å². The van der Waals surface area contributed by atoms with Crippen LogP contribution in [0, 0.1) is 6.92 Å². The normalized spacial score (nSPS) is 12.0. The first-order valence-corrected chi connectivity index (χ1v) is 9.30. The minimum Gasteiger partial charge on any atom is -0.449 e. The Labute approximate surface area is 169 Å². The van der Waals surface area contributed by atoms with Crippen LogP contribution in [0.25, 0.3) is 6.08 Å². The van der Waals surface area contributed by atoms with Crippen LogP contribution in [-0.4, -0.2) is 18.0 Å². The topological polar surface area (TPSA) is 55.4 Å². The number of benzene rings is 2. The number of nitrogens with one attached hydrogen (secondary N) is 1. The van der Waals surface area contributed by atoms with Gasteiger partial charge in [0.15, 0.2) is 6.10 Å². The summed E-state index contributed by atoms with van der Waals surface area (Å²) in [6.07, 6.45) is 2.65. The van der Waals surface area contributed by atoms with E-state index in [9.17, 15) is 9.59 Å². The first-order chi connectivity index (χ1) is 12.8. The molecule has 0 unspecified atom stereocenters. The molecule has 2 aromatic rings. The van der Waals surface area contributed by atoms with Gasteiger partial charge in [-0.3, -0.25) is 4.79 Å². The largest absolute Gasteiger partial charge is 0.449 e. The van der Waals surface area contributed by atoms with E-state index in [-0.39, 0.29) is 5.91 Å². The number of aryl methyl sites for hydroxylation is 2. The van der Waals surface area contributed by atoms with Gasteiger partial charge < -0.3 is 10.1 Å². The third-order valence-electron chi connectivity index (χ3n) is 4.01. The number of hydrogen-bond donors (Lipinski definition) is 1. The lowest BCUT2D eigenvalue weighted by Gasteiger charge is -2.16. The highest BCUT2D eigenvalue weighted by Crippen LogP contribution is 2.23. The summed E-state index contributed by atoms with van der Waals surface area (Å²) in [5.74, 6) is -1.00. The van der Waals surface area contributed by atoms with Crippen molar-refractivity contribution >= 4 is 46.8 Å². The number of halogens is 2. The number of hydrogen-bond acceptors (Lipinski definition) is 3. The molecular formula is C21H21Cl2NO3. The predicted octanol–water partition coefficient (Wildman–Crippen LogP) is 5.45. The van der Waals surface area contributed by atoms with Crippen LogP contribution >= 0.6 is 23.2 Å². The second kappa shape index (κ2) is 9.58. The minimum absolute atomic E-state index is 0.379. The molecule has 0 bridgehead atoms. The number of amides is 1. The first kappa shape index (κ1) is 21.0. The number of carbonyl (C=O) groups is 2. The van der Waals surface area contributed by atoms with Crippen LogP contribution in [0.3, 0.4) is 0 Å². The third kappa shape index (κ3) is 5.84. The molecule has 1 atom stereocenters. The first-order valence-electron chi connectivity index (χ1n) is 8.55. The number of rotatable bonds is 6. The van der Waals surface area contributed by atoms with Crippen LogP contribution in [0.2, 0.25) is 10.0 Å². The smallest absolute Gasteiger partial charge is 0.331 e. The Hall–Kier alpha value is -2.30. The molecule has 142 valence electrons. The summed E-state index contributed by atoms with van der Waals surface area (Å²) in [7, 11) is 0. The van der Waals surface area contributed by atoms with E-state index in [4.69, 9.17) is 27.9 Å². The molecule has 1 N–H and O–H groups in total. The van der Waals surface area contributed by atoms with Crippen molar-refractivity contribution < 1.29 is 14.3 Å². The zero-order valence-corrected chi connectivity index (χ0v) is 16.9. The van der Waals surface area contributed by atoms with Gasteiger partial charge in [-0.15, -0.1) is 0 Å². The number of ether oxygens (including phenoxy) is 1. The van der Waals surface area contributed by atoms with Gasteiger partial charge in [0.1, 0.15) is 0 Å². The van der Waals surface area contributed by atoms with Gasteiger partial charge in [-0.05, 0) is 55.2 Å². The van der Waals surface area contributed by atoms with E-state index in [1.165, 1.54) is 13.0 Å². The second-order valence-corrected chi connectivity index (χ2v) is 6.85. The lowest BCUT2D eigenvalue weighted by Crippen LogP contribution is -2.30. The number of anilines is 1. The van der Waals surface area contributed by atoms with E-state index >= 15 is 0 Å². The fourth-order valence-corrected chi connectivity index (χ4v) is 2.78. The van der Waals surface area contributed by atoms with E-state index in [1.54, 1.807) is 24.3 Å². The fourth-order valence-electron chi connectivity index (χ4n) is 2.47. The Kier molecular flexibility index (Phi) is 7.45.